The second-order valence-corrected chi connectivity index (χ2v) is 10.6. The fraction of sp³-hybridized carbons (Fsp3) is 0.393. The molecule has 0 atom stereocenters. The Labute approximate surface area is 226 Å². The molecular weight excluding hydrogens is 504 g/mol. The molecule has 1 fully saturated rings. The topological polar surface area (TPSA) is 95.3 Å². The summed E-state index contributed by atoms with van der Waals surface area (Å²) < 4.78 is 10.6. The van der Waals surface area contributed by atoms with Crippen LogP contribution in [0.2, 0.25) is 0 Å². The van der Waals surface area contributed by atoms with Crippen molar-refractivity contribution in [3.05, 3.63) is 76.1 Å². The van der Waals surface area contributed by atoms with Crippen molar-refractivity contribution < 1.29 is 23.5 Å². The van der Waals surface area contributed by atoms with Gasteiger partial charge in [0, 0.05) is 50.7 Å². The monoisotopic (exact) mass is 536 g/mol. The molecular formula is C28H32N4O5S. The molecule has 0 bridgehead atoms. The molecule has 0 aliphatic carbocycles. The van der Waals surface area contributed by atoms with Crippen molar-refractivity contribution in [1.82, 2.24) is 14.7 Å². The first-order valence-corrected chi connectivity index (χ1v) is 13.8. The Morgan fingerprint density at radius 3 is 2.50 bits per heavy atom. The maximum atomic E-state index is 13.0. The number of anilines is 1. The molecule has 5 rings (SSSR count). The van der Waals surface area contributed by atoms with Gasteiger partial charge in [0.1, 0.15) is 5.00 Å². The highest BCUT2D eigenvalue weighted by molar-refractivity contribution is 7.17. The van der Waals surface area contributed by atoms with Crippen molar-refractivity contribution in [2.24, 2.45) is 0 Å². The number of piperazine rings is 1. The van der Waals surface area contributed by atoms with E-state index in [0.717, 1.165) is 36.5 Å². The third-order valence-electron chi connectivity index (χ3n) is 6.88. The van der Waals surface area contributed by atoms with Gasteiger partial charge in [-0.15, -0.1) is 11.3 Å². The molecule has 1 saturated heterocycles. The van der Waals surface area contributed by atoms with Crippen LogP contribution in [0.3, 0.4) is 0 Å². The number of nitrogens with zero attached hydrogens (tertiary/aromatic N) is 3. The third kappa shape index (κ3) is 5.98. The zero-order valence-electron chi connectivity index (χ0n) is 21.5. The van der Waals surface area contributed by atoms with Crippen LogP contribution in [-0.4, -0.2) is 78.4 Å². The van der Waals surface area contributed by atoms with Crippen LogP contribution in [0.5, 0.6) is 0 Å². The van der Waals surface area contributed by atoms with Gasteiger partial charge in [0.25, 0.3) is 5.91 Å². The Balaban J connectivity index is 1.22. The number of carbonyl (C=O) groups is 3. The van der Waals surface area contributed by atoms with Gasteiger partial charge in [-0.05, 0) is 36.6 Å². The average Bonchev–Trinajstić information content (AvgIpc) is 3.57. The van der Waals surface area contributed by atoms with Gasteiger partial charge in [0.05, 0.1) is 25.0 Å². The summed E-state index contributed by atoms with van der Waals surface area (Å²) in [5.41, 5.74) is 2.73. The molecule has 0 unspecified atom stereocenters. The van der Waals surface area contributed by atoms with E-state index in [1.807, 2.05) is 23.1 Å². The molecule has 2 aromatic heterocycles. The van der Waals surface area contributed by atoms with Gasteiger partial charge >= 0.3 is 5.97 Å². The molecule has 0 radical (unpaired) electrons. The number of fused-ring (bicyclic) bond motifs is 1. The Morgan fingerprint density at radius 1 is 1.00 bits per heavy atom. The first kappa shape index (κ1) is 26.1. The molecule has 3 aromatic rings. The van der Waals surface area contributed by atoms with Crippen LogP contribution in [-0.2, 0) is 29.0 Å². The number of rotatable bonds is 8. The van der Waals surface area contributed by atoms with Crippen molar-refractivity contribution >= 4 is 34.1 Å². The quantitative estimate of drug-likeness (QED) is 0.441. The van der Waals surface area contributed by atoms with Crippen LogP contribution < -0.4 is 5.32 Å². The minimum absolute atomic E-state index is 0.136. The molecule has 1 N–H and O–H groups in total. The highest BCUT2D eigenvalue weighted by Gasteiger charge is 2.30. The number of esters is 1. The maximum Gasteiger partial charge on any atom is 0.341 e. The molecule has 4 heterocycles. The van der Waals surface area contributed by atoms with E-state index in [-0.39, 0.29) is 30.9 Å². The van der Waals surface area contributed by atoms with Crippen molar-refractivity contribution in [3.63, 3.8) is 0 Å². The van der Waals surface area contributed by atoms with E-state index < -0.39 is 0 Å². The highest BCUT2D eigenvalue weighted by Crippen LogP contribution is 2.38. The van der Waals surface area contributed by atoms with Gasteiger partial charge in [-0.3, -0.25) is 19.4 Å². The van der Waals surface area contributed by atoms with E-state index in [9.17, 15) is 14.4 Å². The van der Waals surface area contributed by atoms with Gasteiger partial charge in [-0.1, -0.05) is 30.3 Å². The Kier molecular flexibility index (Phi) is 8.21. The minimum atomic E-state index is -0.387. The van der Waals surface area contributed by atoms with E-state index in [1.165, 1.54) is 23.2 Å². The number of hydrogen-bond donors (Lipinski definition) is 1. The van der Waals surface area contributed by atoms with E-state index in [0.29, 0.717) is 42.5 Å². The number of thiophene rings is 1. The first-order chi connectivity index (χ1) is 18.5. The van der Waals surface area contributed by atoms with Crippen molar-refractivity contribution in [3.8, 4) is 0 Å². The summed E-state index contributed by atoms with van der Waals surface area (Å²) in [4.78, 5) is 45.6. The lowest BCUT2D eigenvalue weighted by Crippen LogP contribution is -2.50. The summed E-state index contributed by atoms with van der Waals surface area (Å²) in [6.07, 6.45) is 2.22. The second-order valence-electron chi connectivity index (χ2n) is 9.47. The van der Waals surface area contributed by atoms with Gasteiger partial charge in [0.2, 0.25) is 5.91 Å². The molecule has 38 heavy (non-hydrogen) atoms. The van der Waals surface area contributed by atoms with Gasteiger partial charge in [0.15, 0.2) is 5.76 Å². The number of furan rings is 1. The smallest absolute Gasteiger partial charge is 0.341 e. The van der Waals surface area contributed by atoms with Crippen molar-refractivity contribution in [1.29, 1.82) is 0 Å². The molecule has 2 aliphatic heterocycles. The SMILES string of the molecule is CCOC(=O)c1c(NC(=O)CN2CCN(C(=O)c3ccco3)CC2)sc2c1CCN(Cc1ccccc1)C2. The Bertz CT molecular complexity index is 1270. The second kappa shape index (κ2) is 11.9. The van der Waals surface area contributed by atoms with Crippen LogP contribution in [0.1, 0.15) is 43.8 Å². The fourth-order valence-corrected chi connectivity index (χ4v) is 6.27. The van der Waals surface area contributed by atoms with E-state index in [2.05, 4.69) is 22.3 Å². The number of ether oxygens (including phenoxy) is 1. The summed E-state index contributed by atoms with van der Waals surface area (Å²) in [6.45, 7) is 6.85. The Hall–Kier alpha value is -3.47. The average molecular weight is 537 g/mol. The number of hydrogen-bond acceptors (Lipinski definition) is 8. The molecule has 0 spiro atoms. The zero-order chi connectivity index (χ0) is 26.5. The summed E-state index contributed by atoms with van der Waals surface area (Å²) in [6, 6.07) is 13.7. The number of benzene rings is 1. The van der Waals surface area contributed by atoms with Gasteiger partial charge < -0.3 is 19.4 Å². The number of carbonyl (C=O) groups excluding carboxylic acids is 3. The van der Waals surface area contributed by atoms with Crippen LogP contribution in [0.25, 0.3) is 0 Å². The predicted molar refractivity (Wildman–Crippen MR) is 144 cm³/mol. The predicted octanol–water partition coefficient (Wildman–Crippen LogP) is 3.47. The molecule has 200 valence electrons. The first-order valence-electron chi connectivity index (χ1n) is 12.9. The largest absolute Gasteiger partial charge is 0.462 e. The van der Waals surface area contributed by atoms with Crippen LogP contribution in [0.4, 0.5) is 5.00 Å². The van der Waals surface area contributed by atoms with E-state index >= 15 is 0 Å². The molecule has 2 amide bonds. The lowest BCUT2D eigenvalue weighted by atomic mass is 10.0. The van der Waals surface area contributed by atoms with E-state index in [1.54, 1.807) is 24.0 Å². The minimum Gasteiger partial charge on any atom is -0.462 e. The highest BCUT2D eigenvalue weighted by atomic mass is 32.1. The molecule has 2 aliphatic rings. The zero-order valence-corrected chi connectivity index (χ0v) is 22.3. The fourth-order valence-electron chi connectivity index (χ4n) is 4.97. The molecule has 10 heteroatoms. The van der Waals surface area contributed by atoms with Crippen molar-refractivity contribution in [2.45, 2.75) is 26.4 Å². The van der Waals surface area contributed by atoms with Crippen LogP contribution in [0.15, 0.2) is 53.1 Å². The van der Waals surface area contributed by atoms with Gasteiger partial charge in [-0.25, -0.2) is 4.79 Å². The number of nitrogens with one attached hydrogen (secondary N) is 1. The van der Waals surface area contributed by atoms with Crippen LogP contribution >= 0.6 is 11.3 Å². The third-order valence-corrected chi connectivity index (χ3v) is 8.01. The lowest BCUT2D eigenvalue weighted by molar-refractivity contribution is -0.117. The number of amides is 2. The molecule has 0 saturated carbocycles. The normalized spacial score (nSPS) is 16.2. The standard InChI is InChI=1S/C28H32N4O5S/c1-2-36-28(35)25-21-10-11-31(17-20-7-4-3-5-8-20)18-23(21)38-26(25)29-24(33)19-30-12-14-32(15-13-30)27(34)22-9-6-16-37-22/h3-9,16H,2,10-15,17-19H2,1H3,(H,29,33). The lowest BCUT2D eigenvalue weighted by Gasteiger charge is -2.33. The molecule has 9 nitrogen and oxygen atoms in total. The van der Waals surface area contributed by atoms with Crippen LogP contribution in [0, 0.1) is 0 Å². The maximum absolute atomic E-state index is 13.0. The van der Waals surface area contributed by atoms with Gasteiger partial charge in [-0.2, -0.15) is 0 Å². The summed E-state index contributed by atoms with van der Waals surface area (Å²) >= 11 is 1.47. The summed E-state index contributed by atoms with van der Waals surface area (Å²) in [5.74, 6) is -0.377. The molecule has 1 aromatic carbocycles. The van der Waals surface area contributed by atoms with Crippen molar-refractivity contribution in [2.75, 3.05) is 51.2 Å². The Morgan fingerprint density at radius 2 is 1.79 bits per heavy atom. The summed E-state index contributed by atoms with van der Waals surface area (Å²) in [5, 5.41) is 3.56. The summed E-state index contributed by atoms with van der Waals surface area (Å²) in [7, 11) is 0. The van der Waals surface area contributed by atoms with E-state index in [4.69, 9.17) is 9.15 Å².